The Hall–Kier alpha value is -3.35. The molecule has 2 aromatic carbocycles. The van der Waals surface area contributed by atoms with E-state index in [1.807, 2.05) is 53.4 Å². The number of benzene rings is 2. The number of hydrogen-bond acceptors (Lipinski definition) is 7. The molecule has 4 fully saturated rings. The van der Waals surface area contributed by atoms with Gasteiger partial charge in [0.05, 0.1) is 17.0 Å². The van der Waals surface area contributed by atoms with Crippen LogP contribution in [0.2, 0.25) is 0 Å². The van der Waals surface area contributed by atoms with Crippen LogP contribution in [0.4, 0.5) is 27.5 Å². The largest absolute Gasteiger partial charge is 0.480 e. The summed E-state index contributed by atoms with van der Waals surface area (Å²) in [4.78, 5) is 28.1. The van der Waals surface area contributed by atoms with Gasteiger partial charge in [-0.15, -0.1) is 0 Å². The first-order valence-electron chi connectivity index (χ1n) is 14.8. The average molecular weight is 598 g/mol. The Morgan fingerprint density at radius 2 is 1.62 bits per heavy atom. The van der Waals surface area contributed by atoms with Crippen molar-refractivity contribution in [3.63, 3.8) is 0 Å². The van der Waals surface area contributed by atoms with Gasteiger partial charge in [-0.2, -0.15) is 0 Å². The van der Waals surface area contributed by atoms with Crippen LogP contribution in [0.1, 0.15) is 32.1 Å². The van der Waals surface area contributed by atoms with E-state index in [9.17, 15) is 23.1 Å². The molecule has 42 heavy (non-hydrogen) atoms. The molecule has 0 aromatic heterocycles. The molecule has 12 heteroatoms. The Morgan fingerprint density at radius 1 is 0.929 bits per heavy atom. The first-order valence-corrected chi connectivity index (χ1v) is 16.4. The number of anilines is 4. The van der Waals surface area contributed by atoms with E-state index < -0.39 is 27.3 Å². The van der Waals surface area contributed by atoms with Crippen molar-refractivity contribution in [2.45, 2.75) is 37.7 Å². The second-order valence-corrected chi connectivity index (χ2v) is 14.2. The van der Waals surface area contributed by atoms with Gasteiger partial charge in [0.15, 0.2) is 5.75 Å². The number of carbonyl (C=O) groups excluding carboxylic acids is 1. The van der Waals surface area contributed by atoms with Crippen molar-refractivity contribution < 1.29 is 28.2 Å². The van der Waals surface area contributed by atoms with Crippen LogP contribution in [0.25, 0.3) is 0 Å². The van der Waals surface area contributed by atoms with Crippen molar-refractivity contribution in [1.82, 2.24) is 10.0 Å². The lowest BCUT2D eigenvalue weighted by molar-refractivity contribution is -0.150. The van der Waals surface area contributed by atoms with Gasteiger partial charge in [0.25, 0.3) is 0 Å². The standard InChI is InChI=1S/C30H39N5O6S/c36-28(37)19-42(40,41)33-10-9-31-23-5-7-24(8-6-23)34-11-12-35(27-4-2-1-3-26(27)34)29(38)32-18-25-21-13-20-14-22(25)17-30(39,15-20)16-21/h1-8,20-22,25,31,33,39H,9-19H2,(H,32,38)(H,36,37). The van der Waals surface area contributed by atoms with E-state index in [0.717, 1.165) is 42.0 Å². The van der Waals surface area contributed by atoms with E-state index in [0.29, 0.717) is 49.9 Å². The zero-order chi connectivity index (χ0) is 29.5. The number of hydrogen-bond donors (Lipinski definition) is 5. The van der Waals surface area contributed by atoms with Gasteiger partial charge in [0, 0.05) is 44.1 Å². The number of sulfonamides is 1. The molecule has 0 spiro atoms. The van der Waals surface area contributed by atoms with Gasteiger partial charge in [-0.05, 0) is 92.2 Å². The molecular weight excluding hydrogens is 558 g/mol. The number of carboxylic acid groups (broad SMARTS) is 1. The number of rotatable bonds is 10. The molecule has 4 aliphatic carbocycles. The van der Waals surface area contributed by atoms with Gasteiger partial charge >= 0.3 is 12.0 Å². The van der Waals surface area contributed by atoms with Crippen molar-refractivity contribution >= 4 is 44.8 Å². The summed E-state index contributed by atoms with van der Waals surface area (Å²) in [7, 11) is -3.85. The van der Waals surface area contributed by atoms with Crippen LogP contribution in [0, 0.1) is 23.7 Å². The summed E-state index contributed by atoms with van der Waals surface area (Å²) in [6.07, 6.45) is 5.07. The number of para-hydroxylation sites is 2. The molecule has 5 aliphatic rings. The van der Waals surface area contributed by atoms with Crippen molar-refractivity contribution in [2.24, 2.45) is 23.7 Å². The zero-order valence-corrected chi connectivity index (χ0v) is 24.4. The average Bonchev–Trinajstić information content (AvgIpc) is 2.93. The number of fused-ring (bicyclic) bond motifs is 1. The molecule has 7 rings (SSSR count). The zero-order valence-electron chi connectivity index (χ0n) is 23.5. The number of aliphatic hydroxyl groups is 1. The first-order chi connectivity index (χ1) is 20.1. The van der Waals surface area contributed by atoms with Crippen LogP contribution in [-0.4, -0.2) is 74.7 Å². The highest BCUT2D eigenvalue weighted by molar-refractivity contribution is 7.90. The summed E-state index contributed by atoms with van der Waals surface area (Å²) in [5.41, 5.74) is 3.12. The van der Waals surface area contributed by atoms with Crippen LogP contribution >= 0.6 is 0 Å². The Morgan fingerprint density at radius 3 is 2.29 bits per heavy atom. The molecule has 4 saturated carbocycles. The summed E-state index contributed by atoms with van der Waals surface area (Å²) in [6, 6.07) is 15.6. The van der Waals surface area contributed by atoms with Gasteiger partial charge in [-0.1, -0.05) is 12.1 Å². The van der Waals surface area contributed by atoms with E-state index in [-0.39, 0.29) is 12.6 Å². The van der Waals surface area contributed by atoms with Crippen molar-refractivity contribution in [3.8, 4) is 0 Å². The topological polar surface area (TPSA) is 151 Å². The van der Waals surface area contributed by atoms with Crippen molar-refractivity contribution in [2.75, 3.05) is 53.6 Å². The molecule has 1 heterocycles. The predicted molar refractivity (Wildman–Crippen MR) is 161 cm³/mol. The summed E-state index contributed by atoms with van der Waals surface area (Å²) >= 11 is 0. The Balaban J connectivity index is 1.05. The van der Waals surface area contributed by atoms with Crippen LogP contribution in [0.15, 0.2) is 48.5 Å². The summed E-state index contributed by atoms with van der Waals surface area (Å²) in [5, 5.41) is 26.0. The Kier molecular flexibility index (Phi) is 7.79. The number of amides is 2. The lowest BCUT2D eigenvalue weighted by Gasteiger charge is -2.58. The molecule has 2 atom stereocenters. The van der Waals surface area contributed by atoms with E-state index in [1.54, 1.807) is 0 Å². The van der Waals surface area contributed by atoms with Crippen molar-refractivity contribution in [1.29, 1.82) is 0 Å². The third-order valence-corrected chi connectivity index (χ3v) is 10.7. The molecule has 2 unspecified atom stereocenters. The number of carboxylic acids is 1. The Labute approximate surface area is 246 Å². The number of nitrogens with one attached hydrogen (secondary N) is 3. The van der Waals surface area contributed by atoms with Gasteiger partial charge in [0.1, 0.15) is 0 Å². The fourth-order valence-electron chi connectivity index (χ4n) is 7.95. The highest BCUT2D eigenvalue weighted by Gasteiger charge is 2.54. The smallest absolute Gasteiger partial charge is 0.322 e. The molecule has 2 amide bonds. The van der Waals surface area contributed by atoms with E-state index >= 15 is 0 Å². The third kappa shape index (κ3) is 6.06. The molecular formula is C30H39N5O6S. The normalized spacial score (nSPS) is 27.9. The number of carbonyl (C=O) groups is 2. The van der Waals surface area contributed by atoms with Crippen LogP contribution < -0.4 is 25.2 Å². The van der Waals surface area contributed by atoms with Gasteiger partial charge in [-0.25, -0.2) is 17.9 Å². The molecule has 226 valence electrons. The molecule has 1 aliphatic heterocycles. The third-order valence-electron chi connectivity index (χ3n) is 9.45. The molecule has 0 radical (unpaired) electrons. The minimum Gasteiger partial charge on any atom is -0.480 e. The molecule has 2 aromatic rings. The Bertz CT molecular complexity index is 1420. The van der Waals surface area contributed by atoms with Crippen LogP contribution in [0.5, 0.6) is 0 Å². The molecule has 0 saturated heterocycles. The van der Waals surface area contributed by atoms with E-state index in [2.05, 4.69) is 20.3 Å². The summed E-state index contributed by atoms with van der Waals surface area (Å²) in [5.74, 6) is -0.248. The number of urea groups is 1. The quantitative estimate of drug-likeness (QED) is 0.262. The lowest BCUT2D eigenvalue weighted by Crippen LogP contribution is -2.57. The van der Waals surface area contributed by atoms with E-state index in [1.165, 1.54) is 12.8 Å². The maximum atomic E-state index is 13.5. The van der Waals surface area contributed by atoms with Crippen LogP contribution in [0.3, 0.4) is 0 Å². The lowest BCUT2D eigenvalue weighted by atomic mass is 9.50. The van der Waals surface area contributed by atoms with Crippen LogP contribution in [-0.2, 0) is 14.8 Å². The second kappa shape index (κ2) is 11.4. The fourth-order valence-corrected chi connectivity index (χ4v) is 8.79. The monoisotopic (exact) mass is 597 g/mol. The molecule has 11 nitrogen and oxygen atoms in total. The minimum absolute atomic E-state index is 0.0690. The SMILES string of the molecule is O=C(O)CS(=O)(=O)NCCNc1ccc(N2CCN(C(=O)NCC3C4CC5CC3CC(O)(C5)C4)c3ccccc32)cc1. The van der Waals surface area contributed by atoms with Gasteiger partial charge in [0.2, 0.25) is 10.0 Å². The number of nitrogens with zero attached hydrogens (tertiary/aromatic N) is 2. The van der Waals surface area contributed by atoms with E-state index in [4.69, 9.17) is 5.11 Å². The minimum atomic E-state index is -3.85. The second-order valence-electron chi connectivity index (χ2n) is 12.4. The summed E-state index contributed by atoms with van der Waals surface area (Å²) in [6.45, 7) is 2.21. The fraction of sp³-hybridized carbons (Fsp3) is 0.533. The van der Waals surface area contributed by atoms with Gasteiger partial charge < -0.3 is 25.7 Å². The van der Waals surface area contributed by atoms with Gasteiger partial charge in [-0.3, -0.25) is 9.69 Å². The highest BCUT2D eigenvalue weighted by Crippen LogP contribution is 2.58. The highest BCUT2D eigenvalue weighted by atomic mass is 32.2. The number of aliphatic carboxylic acids is 1. The maximum Gasteiger partial charge on any atom is 0.322 e. The predicted octanol–water partition coefficient (Wildman–Crippen LogP) is 2.96. The molecule has 5 N–H and O–H groups in total. The summed E-state index contributed by atoms with van der Waals surface area (Å²) < 4.78 is 25.6. The molecule has 4 bridgehead atoms. The maximum absolute atomic E-state index is 13.5. The van der Waals surface area contributed by atoms with Crippen molar-refractivity contribution in [3.05, 3.63) is 48.5 Å². The first kappa shape index (κ1) is 28.8.